The van der Waals surface area contributed by atoms with Crippen molar-refractivity contribution in [2.45, 2.75) is 6.92 Å². The van der Waals surface area contributed by atoms with Crippen molar-refractivity contribution in [2.75, 3.05) is 36.6 Å². The SMILES string of the molecule is COCCNc1ncnc(Nc2ccc(Cl)cc2C)c1N. The number of nitrogen functional groups attached to an aromatic ring is 1. The number of nitrogens with zero attached hydrogens (tertiary/aromatic N) is 2. The number of aryl methyl sites for hydroxylation is 1. The molecular weight excluding hydrogens is 290 g/mol. The van der Waals surface area contributed by atoms with Gasteiger partial charge in [0.15, 0.2) is 11.6 Å². The molecule has 0 unspecified atom stereocenters. The number of benzene rings is 1. The van der Waals surface area contributed by atoms with Gasteiger partial charge >= 0.3 is 0 Å². The molecule has 0 aliphatic rings. The Morgan fingerprint density at radius 1 is 1.29 bits per heavy atom. The highest BCUT2D eigenvalue weighted by atomic mass is 35.5. The van der Waals surface area contributed by atoms with Crippen molar-refractivity contribution in [2.24, 2.45) is 0 Å². The number of rotatable bonds is 6. The van der Waals surface area contributed by atoms with E-state index in [1.807, 2.05) is 25.1 Å². The topological polar surface area (TPSA) is 85.1 Å². The number of aromatic nitrogens is 2. The van der Waals surface area contributed by atoms with Gasteiger partial charge in [0.05, 0.1) is 6.61 Å². The van der Waals surface area contributed by atoms with Gasteiger partial charge < -0.3 is 21.1 Å². The summed E-state index contributed by atoms with van der Waals surface area (Å²) < 4.78 is 4.98. The maximum absolute atomic E-state index is 6.08. The lowest BCUT2D eigenvalue weighted by molar-refractivity contribution is 0.210. The van der Waals surface area contributed by atoms with Crippen molar-refractivity contribution in [3.05, 3.63) is 35.1 Å². The fourth-order valence-corrected chi connectivity index (χ4v) is 2.03. The third kappa shape index (κ3) is 3.96. The average Bonchev–Trinajstić information content (AvgIpc) is 2.46. The van der Waals surface area contributed by atoms with Gasteiger partial charge in [-0.1, -0.05) is 11.6 Å². The predicted molar refractivity (Wildman–Crippen MR) is 86.3 cm³/mol. The molecule has 0 radical (unpaired) electrons. The van der Waals surface area contributed by atoms with Crippen LogP contribution in [0.4, 0.5) is 23.0 Å². The first kappa shape index (κ1) is 15.3. The average molecular weight is 308 g/mol. The van der Waals surface area contributed by atoms with Crippen LogP contribution in [0.25, 0.3) is 0 Å². The van der Waals surface area contributed by atoms with Gasteiger partial charge in [-0.3, -0.25) is 0 Å². The summed E-state index contributed by atoms with van der Waals surface area (Å²) in [6, 6.07) is 5.57. The Labute approximate surface area is 128 Å². The first-order valence-electron chi connectivity index (χ1n) is 6.48. The number of hydrogen-bond donors (Lipinski definition) is 3. The van der Waals surface area contributed by atoms with E-state index < -0.39 is 0 Å². The molecule has 0 saturated carbocycles. The number of nitrogens with two attached hydrogens (primary N) is 1. The molecule has 2 rings (SSSR count). The molecule has 0 bridgehead atoms. The lowest BCUT2D eigenvalue weighted by Gasteiger charge is -2.13. The molecule has 4 N–H and O–H groups in total. The number of methoxy groups -OCH3 is 1. The van der Waals surface area contributed by atoms with E-state index in [1.165, 1.54) is 6.33 Å². The summed E-state index contributed by atoms with van der Waals surface area (Å²) in [5, 5.41) is 6.98. The van der Waals surface area contributed by atoms with E-state index in [-0.39, 0.29) is 0 Å². The maximum atomic E-state index is 6.08. The summed E-state index contributed by atoms with van der Waals surface area (Å²) in [6.45, 7) is 3.16. The summed E-state index contributed by atoms with van der Waals surface area (Å²) in [5.74, 6) is 1.13. The van der Waals surface area contributed by atoms with Crippen LogP contribution in [0, 0.1) is 6.92 Å². The Balaban J connectivity index is 2.18. The minimum atomic E-state index is 0.461. The highest BCUT2D eigenvalue weighted by Gasteiger charge is 2.09. The molecule has 0 atom stereocenters. The normalized spacial score (nSPS) is 10.4. The Bertz CT molecular complexity index is 620. The van der Waals surface area contributed by atoms with Crippen molar-refractivity contribution < 1.29 is 4.74 Å². The Morgan fingerprint density at radius 2 is 2.05 bits per heavy atom. The lowest BCUT2D eigenvalue weighted by atomic mass is 10.2. The smallest absolute Gasteiger partial charge is 0.159 e. The van der Waals surface area contributed by atoms with Gasteiger partial charge in [-0.25, -0.2) is 9.97 Å². The van der Waals surface area contributed by atoms with Crippen LogP contribution in [0.2, 0.25) is 5.02 Å². The number of nitrogens with one attached hydrogen (secondary N) is 2. The van der Waals surface area contributed by atoms with Crippen molar-refractivity contribution in [3.8, 4) is 0 Å². The van der Waals surface area contributed by atoms with Crippen LogP contribution in [0.15, 0.2) is 24.5 Å². The molecule has 1 heterocycles. The van der Waals surface area contributed by atoms with Crippen molar-refractivity contribution in [1.82, 2.24) is 9.97 Å². The summed E-state index contributed by atoms with van der Waals surface area (Å²) in [4.78, 5) is 8.30. The van der Waals surface area contributed by atoms with Crippen LogP contribution < -0.4 is 16.4 Å². The quantitative estimate of drug-likeness (QED) is 0.712. The van der Waals surface area contributed by atoms with Crippen LogP contribution >= 0.6 is 11.6 Å². The number of anilines is 4. The third-order valence-electron chi connectivity index (χ3n) is 2.92. The van der Waals surface area contributed by atoms with Gasteiger partial charge in [0.1, 0.15) is 12.0 Å². The number of hydrogen-bond acceptors (Lipinski definition) is 6. The summed E-state index contributed by atoms with van der Waals surface area (Å²) in [7, 11) is 1.64. The fraction of sp³-hybridized carbons (Fsp3) is 0.286. The molecule has 1 aromatic carbocycles. The first-order valence-corrected chi connectivity index (χ1v) is 6.86. The zero-order chi connectivity index (χ0) is 15.2. The van der Waals surface area contributed by atoms with Gasteiger partial charge in [-0.15, -0.1) is 0 Å². The van der Waals surface area contributed by atoms with E-state index in [2.05, 4.69) is 20.6 Å². The van der Waals surface area contributed by atoms with Crippen LogP contribution in [0.1, 0.15) is 5.56 Å². The second-order valence-corrected chi connectivity index (χ2v) is 4.92. The molecule has 1 aromatic heterocycles. The van der Waals surface area contributed by atoms with E-state index in [9.17, 15) is 0 Å². The van der Waals surface area contributed by atoms with Crippen LogP contribution in [-0.4, -0.2) is 30.2 Å². The standard InChI is InChI=1S/C14H18ClN5O/c1-9-7-10(15)3-4-11(9)20-14-12(16)13(18-8-19-14)17-5-6-21-2/h3-4,7-8H,5-6,16H2,1-2H3,(H2,17,18,19,20). The van der Waals surface area contributed by atoms with Gasteiger partial charge in [-0.05, 0) is 30.7 Å². The number of halogens is 1. The maximum Gasteiger partial charge on any atom is 0.159 e. The molecule has 0 aliphatic heterocycles. The van der Waals surface area contributed by atoms with Crippen LogP contribution in [0.5, 0.6) is 0 Å². The van der Waals surface area contributed by atoms with E-state index in [0.717, 1.165) is 11.3 Å². The van der Waals surface area contributed by atoms with Gasteiger partial charge in [-0.2, -0.15) is 0 Å². The van der Waals surface area contributed by atoms with Crippen molar-refractivity contribution in [1.29, 1.82) is 0 Å². The molecular formula is C14H18ClN5O. The van der Waals surface area contributed by atoms with E-state index >= 15 is 0 Å². The highest BCUT2D eigenvalue weighted by Crippen LogP contribution is 2.28. The highest BCUT2D eigenvalue weighted by molar-refractivity contribution is 6.30. The predicted octanol–water partition coefficient (Wildman–Crippen LogP) is 2.82. The molecule has 6 nitrogen and oxygen atoms in total. The molecule has 112 valence electrons. The molecule has 21 heavy (non-hydrogen) atoms. The van der Waals surface area contributed by atoms with E-state index in [4.69, 9.17) is 22.1 Å². The monoisotopic (exact) mass is 307 g/mol. The summed E-state index contributed by atoms with van der Waals surface area (Å²) in [5.41, 5.74) is 8.44. The van der Waals surface area contributed by atoms with Gasteiger partial charge in [0.25, 0.3) is 0 Å². The zero-order valence-electron chi connectivity index (χ0n) is 12.0. The fourth-order valence-electron chi connectivity index (χ4n) is 1.80. The van der Waals surface area contributed by atoms with Crippen molar-refractivity contribution in [3.63, 3.8) is 0 Å². The van der Waals surface area contributed by atoms with E-state index in [1.54, 1.807) is 7.11 Å². The molecule has 0 aliphatic carbocycles. The lowest BCUT2D eigenvalue weighted by Crippen LogP contribution is -2.12. The van der Waals surface area contributed by atoms with Gasteiger partial charge in [0, 0.05) is 24.4 Å². The molecule has 7 heteroatoms. The summed E-state index contributed by atoms with van der Waals surface area (Å²) >= 11 is 5.95. The molecule has 0 fully saturated rings. The second-order valence-electron chi connectivity index (χ2n) is 4.49. The molecule has 0 amide bonds. The van der Waals surface area contributed by atoms with Crippen LogP contribution in [0.3, 0.4) is 0 Å². The van der Waals surface area contributed by atoms with E-state index in [0.29, 0.717) is 35.5 Å². The minimum absolute atomic E-state index is 0.461. The number of ether oxygens (including phenoxy) is 1. The first-order chi connectivity index (χ1) is 10.1. The Kier molecular flexibility index (Phi) is 5.19. The largest absolute Gasteiger partial charge is 0.393 e. The Morgan fingerprint density at radius 3 is 2.76 bits per heavy atom. The zero-order valence-corrected chi connectivity index (χ0v) is 12.7. The summed E-state index contributed by atoms with van der Waals surface area (Å²) in [6.07, 6.45) is 1.46. The second kappa shape index (κ2) is 7.10. The molecule has 0 saturated heterocycles. The Hall–Kier alpha value is -2.05. The van der Waals surface area contributed by atoms with Crippen LogP contribution in [-0.2, 0) is 4.74 Å². The van der Waals surface area contributed by atoms with Crippen molar-refractivity contribution >= 4 is 34.6 Å². The molecule has 2 aromatic rings. The van der Waals surface area contributed by atoms with Gasteiger partial charge in [0.2, 0.25) is 0 Å². The molecule has 0 spiro atoms. The third-order valence-corrected chi connectivity index (χ3v) is 3.16. The minimum Gasteiger partial charge on any atom is -0.393 e.